The summed E-state index contributed by atoms with van der Waals surface area (Å²) in [4.78, 5) is 2.60. The number of hydrogen-bond donors (Lipinski definition) is 1. The maximum atomic E-state index is 3.66. The van der Waals surface area contributed by atoms with Gasteiger partial charge in [-0.15, -0.1) is 0 Å². The van der Waals surface area contributed by atoms with Crippen LogP contribution < -0.4 is 10.2 Å². The fourth-order valence-corrected chi connectivity index (χ4v) is 3.78. The van der Waals surface area contributed by atoms with E-state index in [0.717, 1.165) is 12.6 Å². The van der Waals surface area contributed by atoms with Crippen molar-refractivity contribution in [3.8, 4) is 0 Å². The van der Waals surface area contributed by atoms with E-state index in [4.69, 9.17) is 0 Å². The van der Waals surface area contributed by atoms with Crippen molar-refractivity contribution in [2.75, 3.05) is 23.0 Å². The molecule has 0 aromatic heterocycles. The van der Waals surface area contributed by atoms with Crippen LogP contribution in [-0.2, 0) is 6.54 Å². The minimum Gasteiger partial charge on any atom is -0.367 e. The zero-order valence-electron chi connectivity index (χ0n) is 12.0. The van der Waals surface area contributed by atoms with Crippen molar-refractivity contribution in [3.63, 3.8) is 0 Å². The zero-order valence-corrected chi connectivity index (χ0v) is 12.8. The molecule has 0 spiro atoms. The zero-order chi connectivity index (χ0) is 13.2. The van der Waals surface area contributed by atoms with Crippen LogP contribution in [0.4, 0.5) is 5.69 Å². The number of benzene rings is 1. The molecular weight excluding hydrogens is 252 g/mol. The third-order valence-corrected chi connectivity index (χ3v) is 5.26. The number of nitrogens with one attached hydrogen (secondary N) is 1. The van der Waals surface area contributed by atoms with Gasteiger partial charge in [-0.2, -0.15) is 11.8 Å². The SMILES string of the molecule is Cc1ccc(N2CCSCC2C)c(CNC2CC2)c1. The van der Waals surface area contributed by atoms with Crippen molar-refractivity contribution in [1.29, 1.82) is 0 Å². The molecule has 1 aliphatic carbocycles. The van der Waals surface area contributed by atoms with Gasteiger partial charge >= 0.3 is 0 Å². The quantitative estimate of drug-likeness (QED) is 0.909. The first kappa shape index (κ1) is 13.3. The molecule has 0 radical (unpaired) electrons. The van der Waals surface area contributed by atoms with E-state index in [9.17, 15) is 0 Å². The Morgan fingerprint density at radius 1 is 1.37 bits per heavy atom. The van der Waals surface area contributed by atoms with Gasteiger partial charge in [-0.1, -0.05) is 17.7 Å². The van der Waals surface area contributed by atoms with Gasteiger partial charge in [-0.05, 0) is 38.3 Å². The predicted molar refractivity (Wildman–Crippen MR) is 85.2 cm³/mol. The van der Waals surface area contributed by atoms with Gasteiger partial charge in [0.15, 0.2) is 0 Å². The fraction of sp³-hybridized carbons (Fsp3) is 0.625. The number of nitrogens with zero attached hydrogens (tertiary/aromatic N) is 1. The first-order chi connectivity index (χ1) is 9.24. The highest BCUT2D eigenvalue weighted by molar-refractivity contribution is 7.99. The number of rotatable bonds is 4. The Morgan fingerprint density at radius 2 is 2.21 bits per heavy atom. The minimum absolute atomic E-state index is 0.654. The summed E-state index contributed by atoms with van der Waals surface area (Å²) in [5.74, 6) is 2.51. The Kier molecular flexibility index (Phi) is 4.04. The second-order valence-corrected chi connectivity index (χ2v) is 7.05. The normalized spacial score (nSPS) is 23.7. The van der Waals surface area contributed by atoms with E-state index in [0.29, 0.717) is 6.04 Å². The minimum atomic E-state index is 0.654. The summed E-state index contributed by atoms with van der Waals surface area (Å²) in [6.45, 7) is 6.76. The van der Waals surface area contributed by atoms with Crippen LogP contribution in [0.1, 0.15) is 30.9 Å². The van der Waals surface area contributed by atoms with Crippen molar-refractivity contribution < 1.29 is 0 Å². The third kappa shape index (κ3) is 3.26. The molecule has 2 fully saturated rings. The molecule has 1 heterocycles. The molecule has 1 aromatic carbocycles. The maximum absolute atomic E-state index is 3.66. The largest absolute Gasteiger partial charge is 0.367 e. The van der Waals surface area contributed by atoms with E-state index in [1.807, 2.05) is 0 Å². The molecule has 1 aliphatic heterocycles. The average Bonchev–Trinajstić information content (AvgIpc) is 3.22. The van der Waals surface area contributed by atoms with Crippen molar-refractivity contribution in [2.45, 2.75) is 45.3 Å². The molecule has 1 unspecified atom stereocenters. The highest BCUT2D eigenvalue weighted by Gasteiger charge is 2.23. The molecule has 1 aromatic rings. The molecule has 1 saturated heterocycles. The highest BCUT2D eigenvalue weighted by Crippen LogP contribution is 2.29. The molecule has 104 valence electrons. The monoisotopic (exact) mass is 276 g/mol. The van der Waals surface area contributed by atoms with E-state index in [2.05, 4.69) is 54.0 Å². The average molecular weight is 276 g/mol. The second kappa shape index (κ2) is 5.76. The van der Waals surface area contributed by atoms with E-state index in [1.54, 1.807) is 0 Å². The summed E-state index contributed by atoms with van der Waals surface area (Å²) in [7, 11) is 0. The Balaban J connectivity index is 1.80. The summed E-state index contributed by atoms with van der Waals surface area (Å²) in [5.41, 5.74) is 4.30. The van der Waals surface area contributed by atoms with Crippen molar-refractivity contribution in [1.82, 2.24) is 5.32 Å². The van der Waals surface area contributed by atoms with Gasteiger partial charge in [0.05, 0.1) is 0 Å². The van der Waals surface area contributed by atoms with E-state index < -0.39 is 0 Å². The Hall–Kier alpha value is -0.670. The summed E-state index contributed by atoms with van der Waals surface area (Å²) >= 11 is 2.08. The lowest BCUT2D eigenvalue weighted by atomic mass is 10.1. The lowest BCUT2D eigenvalue weighted by molar-refractivity contribution is 0.666. The summed E-state index contributed by atoms with van der Waals surface area (Å²) in [6, 6.07) is 8.37. The van der Waals surface area contributed by atoms with Crippen LogP contribution >= 0.6 is 11.8 Å². The standard InChI is InChI=1S/C16H24N2S/c1-12-3-6-16(18-7-8-19-11-13(18)2)14(9-12)10-17-15-4-5-15/h3,6,9,13,15,17H,4-5,7-8,10-11H2,1-2H3. The third-order valence-electron chi connectivity index (χ3n) is 4.07. The van der Waals surface area contributed by atoms with Gasteiger partial charge in [0.1, 0.15) is 0 Å². The van der Waals surface area contributed by atoms with Gasteiger partial charge in [-0.3, -0.25) is 0 Å². The molecular formula is C16H24N2S. The lowest BCUT2D eigenvalue weighted by Crippen LogP contribution is -2.41. The van der Waals surface area contributed by atoms with Crippen LogP contribution in [0.5, 0.6) is 0 Å². The number of aryl methyl sites for hydroxylation is 1. The van der Waals surface area contributed by atoms with Crippen LogP contribution in [0.25, 0.3) is 0 Å². The predicted octanol–water partition coefficient (Wildman–Crippen LogP) is 3.19. The van der Waals surface area contributed by atoms with Crippen LogP contribution in [-0.4, -0.2) is 30.1 Å². The summed E-state index contributed by atoms with van der Waals surface area (Å²) < 4.78 is 0. The van der Waals surface area contributed by atoms with Crippen LogP contribution in [0.15, 0.2) is 18.2 Å². The Labute approximate surface area is 121 Å². The smallest absolute Gasteiger partial charge is 0.0415 e. The van der Waals surface area contributed by atoms with Crippen LogP contribution in [0.3, 0.4) is 0 Å². The second-order valence-electron chi connectivity index (χ2n) is 5.90. The lowest BCUT2D eigenvalue weighted by Gasteiger charge is -2.36. The summed E-state index contributed by atoms with van der Waals surface area (Å²) in [6.07, 6.45) is 2.72. The number of hydrogen-bond acceptors (Lipinski definition) is 3. The first-order valence-electron chi connectivity index (χ1n) is 7.41. The van der Waals surface area contributed by atoms with E-state index in [-0.39, 0.29) is 0 Å². The maximum Gasteiger partial charge on any atom is 0.0415 e. The van der Waals surface area contributed by atoms with Gasteiger partial charge < -0.3 is 10.2 Å². The molecule has 1 saturated carbocycles. The molecule has 0 bridgehead atoms. The molecule has 3 heteroatoms. The number of anilines is 1. The van der Waals surface area contributed by atoms with Crippen molar-refractivity contribution in [2.24, 2.45) is 0 Å². The van der Waals surface area contributed by atoms with Crippen molar-refractivity contribution in [3.05, 3.63) is 29.3 Å². The van der Waals surface area contributed by atoms with Gasteiger partial charge in [0.2, 0.25) is 0 Å². The highest BCUT2D eigenvalue weighted by atomic mass is 32.2. The molecule has 3 rings (SSSR count). The van der Waals surface area contributed by atoms with E-state index in [1.165, 1.54) is 47.7 Å². The Bertz CT molecular complexity index is 442. The topological polar surface area (TPSA) is 15.3 Å². The molecule has 1 atom stereocenters. The van der Waals surface area contributed by atoms with Gasteiger partial charge in [0, 0.05) is 42.4 Å². The van der Waals surface area contributed by atoms with E-state index >= 15 is 0 Å². The Morgan fingerprint density at radius 3 is 2.95 bits per heavy atom. The van der Waals surface area contributed by atoms with Crippen LogP contribution in [0.2, 0.25) is 0 Å². The molecule has 0 amide bonds. The van der Waals surface area contributed by atoms with Crippen LogP contribution in [0, 0.1) is 6.92 Å². The first-order valence-corrected chi connectivity index (χ1v) is 8.57. The fourth-order valence-electron chi connectivity index (χ4n) is 2.76. The number of thioether (sulfide) groups is 1. The molecule has 1 N–H and O–H groups in total. The molecule has 2 nitrogen and oxygen atoms in total. The van der Waals surface area contributed by atoms with Gasteiger partial charge in [0.25, 0.3) is 0 Å². The molecule has 2 aliphatic rings. The van der Waals surface area contributed by atoms with Crippen molar-refractivity contribution >= 4 is 17.4 Å². The summed E-state index contributed by atoms with van der Waals surface area (Å²) in [5, 5.41) is 3.66. The van der Waals surface area contributed by atoms with Gasteiger partial charge in [-0.25, -0.2) is 0 Å². The molecule has 19 heavy (non-hydrogen) atoms.